The largest absolute Gasteiger partial charge is 0.354 e. The van der Waals surface area contributed by atoms with E-state index in [1.165, 1.54) is 29.2 Å². The number of nitrogens with zero attached hydrogens (tertiary/aromatic N) is 2. The van der Waals surface area contributed by atoms with Crippen LogP contribution in [0.3, 0.4) is 0 Å². The Balaban J connectivity index is 2.01. The lowest BCUT2D eigenvalue weighted by Crippen LogP contribution is -2.51. The number of amides is 2. The Kier molecular flexibility index (Phi) is 9.27. The number of carbonyl (C=O) groups excluding carboxylic acids is 2. The van der Waals surface area contributed by atoms with Crippen LogP contribution in [0.1, 0.15) is 30.5 Å². The molecule has 0 aliphatic rings. The van der Waals surface area contributed by atoms with Gasteiger partial charge in [-0.1, -0.05) is 80.6 Å². The molecule has 3 aromatic rings. The molecule has 0 radical (unpaired) electrons. The highest BCUT2D eigenvalue weighted by Crippen LogP contribution is 2.22. The van der Waals surface area contributed by atoms with Crippen LogP contribution >= 0.6 is 0 Å². The average molecular weight is 492 g/mol. The molecule has 0 saturated heterocycles. The fourth-order valence-corrected chi connectivity index (χ4v) is 3.89. The van der Waals surface area contributed by atoms with Crippen LogP contribution < -0.4 is 5.32 Å². The fourth-order valence-electron chi connectivity index (χ4n) is 3.89. The molecule has 3 rings (SSSR count). The molecule has 0 spiro atoms. The zero-order valence-electron chi connectivity index (χ0n) is 20.4. The van der Waals surface area contributed by atoms with E-state index in [9.17, 15) is 24.1 Å². The van der Waals surface area contributed by atoms with Crippen LogP contribution in [-0.4, -0.2) is 34.2 Å². The number of para-hydroxylation sites is 1. The van der Waals surface area contributed by atoms with Gasteiger partial charge in [-0.05, 0) is 17.5 Å². The first-order chi connectivity index (χ1) is 17.3. The maximum Gasteiger partial charge on any atom is 0.273 e. The van der Waals surface area contributed by atoms with Gasteiger partial charge in [-0.15, -0.1) is 0 Å². The lowest BCUT2D eigenvalue weighted by Gasteiger charge is -2.32. The SMILES string of the molecule is CC(C)CNC(=O)[C@H](Cc1ccccc1)N(Cc1ccccc1F)C(=O)Cc1ccccc1[N+](=O)[O-]. The summed E-state index contributed by atoms with van der Waals surface area (Å²) in [5.74, 6) is -1.18. The van der Waals surface area contributed by atoms with Gasteiger partial charge < -0.3 is 10.2 Å². The van der Waals surface area contributed by atoms with Crippen molar-refractivity contribution in [3.63, 3.8) is 0 Å². The summed E-state index contributed by atoms with van der Waals surface area (Å²) in [5, 5.41) is 14.4. The molecule has 0 bridgehead atoms. The van der Waals surface area contributed by atoms with E-state index in [4.69, 9.17) is 0 Å². The van der Waals surface area contributed by atoms with E-state index in [0.717, 1.165) is 5.56 Å². The van der Waals surface area contributed by atoms with Crippen molar-refractivity contribution in [1.29, 1.82) is 0 Å². The molecular formula is C28H30FN3O4. The Morgan fingerprint density at radius 3 is 2.19 bits per heavy atom. The second kappa shape index (κ2) is 12.6. The van der Waals surface area contributed by atoms with Crippen LogP contribution in [0, 0.1) is 21.8 Å². The third-order valence-electron chi connectivity index (χ3n) is 5.78. The molecule has 1 N–H and O–H groups in total. The maximum atomic E-state index is 14.6. The monoisotopic (exact) mass is 491 g/mol. The highest BCUT2D eigenvalue weighted by molar-refractivity contribution is 5.89. The third kappa shape index (κ3) is 7.21. The molecule has 36 heavy (non-hydrogen) atoms. The van der Waals surface area contributed by atoms with Crippen LogP contribution in [0.15, 0.2) is 78.9 Å². The molecule has 2 amide bonds. The van der Waals surface area contributed by atoms with E-state index in [-0.39, 0.29) is 48.0 Å². The van der Waals surface area contributed by atoms with Crippen molar-refractivity contribution in [2.75, 3.05) is 6.54 Å². The van der Waals surface area contributed by atoms with Gasteiger partial charge in [-0.25, -0.2) is 4.39 Å². The first kappa shape index (κ1) is 26.5. The molecule has 0 aliphatic heterocycles. The topological polar surface area (TPSA) is 92.6 Å². The minimum atomic E-state index is -0.943. The van der Waals surface area contributed by atoms with Crippen molar-refractivity contribution in [3.8, 4) is 0 Å². The Hall–Kier alpha value is -4.07. The molecule has 0 aliphatic carbocycles. The van der Waals surface area contributed by atoms with Crippen molar-refractivity contribution < 1.29 is 18.9 Å². The molecule has 0 aromatic heterocycles. The quantitative estimate of drug-likeness (QED) is 0.311. The summed E-state index contributed by atoms with van der Waals surface area (Å²) in [4.78, 5) is 39.4. The van der Waals surface area contributed by atoms with Crippen molar-refractivity contribution in [1.82, 2.24) is 10.2 Å². The minimum Gasteiger partial charge on any atom is -0.354 e. The lowest BCUT2D eigenvalue weighted by atomic mass is 10.0. The van der Waals surface area contributed by atoms with Crippen molar-refractivity contribution in [2.24, 2.45) is 5.92 Å². The molecule has 7 nitrogen and oxygen atoms in total. The Bertz CT molecular complexity index is 1200. The zero-order valence-corrected chi connectivity index (χ0v) is 20.4. The number of nitro groups is 1. The molecule has 3 aromatic carbocycles. The van der Waals surface area contributed by atoms with Gasteiger partial charge in [0.15, 0.2) is 0 Å². The fraction of sp³-hybridized carbons (Fsp3) is 0.286. The molecular weight excluding hydrogens is 461 g/mol. The third-order valence-corrected chi connectivity index (χ3v) is 5.78. The summed E-state index contributed by atoms with van der Waals surface area (Å²) < 4.78 is 14.6. The van der Waals surface area contributed by atoms with E-state index in [2.05, 4.69) is 5.32 Å². The van der Waals surface area contributed by atoms with Crippen LogP contribution in [0.2, 0.25) is 0 Å². The number of carbonyl (C=O) groups is 2. The summed E-state index contributed by atoms with van der Waals surface area (Å²) in [6, 6.07) is 20.4. The van der Waals surface area contributed by atoms with Gasteiger partial charge in [0.2, 0.25) is 11.8 Å². The van der Waals surface area contributed by atoms with E-state index in [0.29, 0.717) is 6.54 Å². The number of nitrogens with one attached hydrogen (secondary N) is 1. The van der Waals surface area contributed by atoms with Gasteiger partial charge in [0.1, 0.15) is 11.9 Å². The summed E-state index contributed by atoms with van der Waals surface area (Å²) in [6.45, 7) is 4.18. The summed E-state index contributed by atoms with van der Waals surface area (Å²) in [7, 11) is 0. The summed E-state index contributed by atoms with van der Waals surface area (Å²) in [5.41, 5.74) is 1.13. The predicted molar refractivity (Wildman–Crippen MR) is 136 cm³/mol. The molecule has 188 valence electrons. The molecule has 0 saturated carbocycles. The highest BCUT2D eigenvalue weighted by Gasteiger charge is 2.32. The number of hydrogen-bond donors (Lipinski definition) is 1. The van der Waals surface area contributed by atoms with Crippen LogP contribution in [0.5, 0.6) is 0 Å². The second-order valence-corrected chi connectivity index (χ2v) is 9.02. The first-order valence-corrected chi connectivity index (χ1v) is 11.8. The Morgan fingerprint density at radius 1 is 0.944 bits per heavy atom. The van der Waals surface area contributed by atoms with E-state index in [1.807, 2.05) is 44.2 Å². The van der Waals surface area contributed by atoms with Gasteiger partial charge in [0.25, 0.3) is 5.69 Å². The van der Waals surface area contributed by atoms with Crippen molar-refractivity contribution >= 4 is 17.5 Å². The summed E-state index contributed by atoms with van der Waals surface area (Å²) in [6.07, 6.45) is -0.0871. The number of benzene rings is 3. The number of nitro benzene ring substituents is 1. The number of hydrogen-bond acceptors (Lipinski definition) is 4. The van der Waals surface area contributed by atoms with Gasteiger partial charge in [0, 0.05) is 36.7 Å². The Labute approximate surface area is 210 Å². The molecule has 8 heteroatoms. The van der Waals surface area contributed by atoms with Gasteiger partial charge in [-0.2, -0.15) is 0 Å². The molecule has 0 heterocycles. The minimum absolute atomic E-state index is 0.154. The molecule has 1 atom stereocenters. The van der Waals surface area contributed by atoms with E-state index >= 15 is 0 Å². The average Bonchev–Trinajstić information content (AvgIpc) is 2.86. The van der Waals surface area contributed by atoms with Crippen molar-refractivity contribution in [2.45, 2.75) is 39.3 Å². The summed E-state index contributed by atoms with van der Waals surface area (Å²) >= 11 is 0. The molecule has 0 unspecified atom stereocenters. The standard InChI is InChI=1S/C28H30FN3O4/c1-20(2)18-30-28(34)26(16-21-10-4-3-5-11-21)31(19-23-13-6-8-14-24(23)29)27(33)17-22-12-7-9-15-25(22)32(35)36/h3-15,20,26H,16-19H2,1-2H3,(H,30,34)/t26-/m0/s1. The second-order valence-electron chi connectivity index (χ2n) is 9.02. The number of rotatable bonds is 11. The van der Waals surface area contributed by atoms with Crippen LogP contribution in [-0.2, 0) is 29.0 Å². The smallest absolute Gasteiger partial charge is 0.273 e. The maximum absolute atomic E-state index is 14.6. The van der Waals surface area contributed by atoms with Gasteiger partial charge in [0.05, 0.1) is 11.3 Å². The van der Waals surface area contributed by atoms with E-state index in [1.54, 1.807) is 24.3 Å². The Morgan fingerprint density at radius 2 is 1.56 bits per heavy atom. The zero-order chi connectivity index (χ0) is 26.1. The predicted octanol–water partition coefficient (Wildman–Crippen LogP) is 4.69. The highest BCUT2D eigenvalue weighted by atomic mass is 19.1. The van der Waals surface area contributed by atoms with Crippen molar-refractivity contribution in [3.05, 3.63) is 111 Å². The van der Waals surface area contributed by atoms with Gasteiger partial charge in [-0.3, -0.25) is 19.7 Å². The van der Waals surface area contributed by atoms with Crippen LogP contribution in [0.4, 0.5) is 10.1 Å². The van der Waals surface area contributed by atoms with E-state index < -0.39 is 22.7 Å². The van der Waals surface area contributed by atoms with Gasteiger partial charge >= 0.3 is 0 Å². The number of halogens is 1. The normalized spacial score (nSPS) is 11.7. The van der Waals surface area contributed by atoms with Crippen LogP contribution in [0.25, 0.3) is 0 Å². The molecule has 0 fully saturated rings. The first-order valence-electron chi connectivity index (χ1n) is 11.8. The lowest BCUT2D eigenvalue weighted by molar-refractivity contribution is -0.385.